The van der Waals surface area contributed by atoms with Crippen molar-refractivity contribution in [1.29, 1.82) is 0 Å². The Balaban J connectivity index is -0.0000000871. The number of carboxylic acid groups (broad SMARTS) is 3. The van der Waals surface area contributed by atoms with Crippen molar-refractivity contribution in [3.8, 4) is 0 Å². The molecule has 0 aromatic heterocycles. The average molecular weight is 384 g/mol. The zero-order chi connectivity index (χ0) is 16.6. The number of hydrogen-bond donors (Lipinski definition) is 1. The summed E-state index contributed by atoms with van der Waals surface area (Å²) in [6.45, 7) is 3.59. The van der Waals surface area contributed by atoms with E-state index in [2.05, 4.69) is 9.88 Å². The van der Waals surface area contributed by atoms with E-state index < -0.39 is 17.9 Å². The number of hydrogen-bond acceptors (Lipinski definition) is 6. The van der Waals surface area contributed by atoms with Crippen LogP contribution in [0.2, 0.25) is 9.88 Å². The third kappa shape index (κ3) is 76.9. The van der Waals surface area contributed by atoms with Crippen LogP contribution in [0.15, 0.2) is 0 Å². The Labute approximate surface area is 124 Å². The predicted molar refractivity (Wildman–Crippen MR) is 69.6 cm³/mol. The van der Waals surface area contributed by atoms with Crippen molar-refractivity contribution in [3.63, 3.8) is 0 Å². The minimum absolute atomic E-state index is 0.230. The fraction of sp³-hybridized carbons (Fsp3) is 0.727. The van der Waals surface area contributed by atoms with Crippen LogP contribution in [0, 0.1) is 0 Å². The van der Waals surface area contributed by atoms with E-state index in [4.69, 9.17) is 24.9 Å². The van der Waals surface area contributed by atoms with Crippen LogP contribution >= 0.6 is 0 Å². The van der Waals surface area contributed by atoms with Crippen LogP contribution in [0.4, 0.5) is 0 Å². The maximum absolute atomic E-state index is 10.1. The van der Waals surface area contributed by atoms with Crippen molar-refractivity contribution in [2.75, 3.05) is 14.1 Å². The molecule has 112 valence electrons. The Morgan fingerprint density at radius 2 is 1.21 bits per heavy atom. The standard InChI is InChI=1S/C5H11NO2.2C2H4O2.2CH3.Sn/c1-4(5(7)8)6(2)3;2*1-2(3)4;;;/h4H,1-3H3,(H,7,8);2*1H3,(H,3,4);2*1H3;/q;;;;;+2/p-2. The van der Waals surface area contributed by atoms with E-state index in [1.165, 1.54) is 0 Å². The van der Waals surface area contributed by atoms with Gasteiger partial charge in [0.25, 0.3) is 0 Å². The van der Waals surface area contributed by atoms with Crippen LogP contribution in [0.25, 0.3) is 0 Å². The molecule has 7 nitrogen and oxygen atoms in total. The van der Waals surface area contributed by atoms with Gasteiger partial charge in [-0.2, -0.15) is 0 Å². The van der Waals surface area contributed by atoms with Crippen molar-refractivity contribution in [1.82, 2.24) is 4.90 Å². The summed E-state index contributed by atoms with van der Waals surface area (Å²) in [7, 11) is 3.47. The topological polar surface area (TPSA) is 121 Å². The summed E-state index contributed by atoms with van der Waals surface area (Å²) in [5.41, 5.74) is 0. The maximum atomic E-state index is 10.1. The van der Waals surface area contributed by atoms with Gasteiger partial charge in [0.15, 0.2) is 0 Å². The average Bonchev–Trinajstić information content (AvgIpc) is 2.15. The molecule has 19 heavy (non-hydrogen) atoms. The second kappa shape index (κ2) is 19.5. The molecule has 0 amide bonds. The first-order valence-corrected chi connectivity index (χ1v) is 11.0. The third-order valence-corrected chi connectivity index (χ3v) is 1.13. The Hall–Kier alpha value is -0.831. The number of carbonyl (C=O) groups is 3. The Morgan fingerprint density at radius 3 is 1.21 bits per heavy atom. The van der Waals surface area contributed by atoms with Crippen molar-refractivity contribution in [2.24, 2.45) is 0 Å². The molecule has 0 rings (SSSR count). The van der Waals surface area contributed by atoms with Gasteiger partial charge in [0.2, 0.25) is 0 Å². The van der Waals surface area contributed by atoms with Crippen LogP contribution < -0.4 is 10.2 Å². The van der Waals surface area contributed by atoms with E-state index in [1.807, 2.05) is 0 Å². The summed E-state index contributed by atoms with van der Waals surface area (Å²) in [5, 5.41) is 26.1. The Bertz CT molecular complexity index is 225. The number of carbonyl (C=O) groups excluding carboxylic acids is 2. The molecule has 1 unspecified atom stereocenters. The predicted octanol–water partition coefficient (Wildman–Crippen LogP) is -1.68. The van der Waals surface area contributed by atoms with Crippen LogP contribution in [0.5, 0.6) is 0 Å². The van der Waals surface area contributed by atoms with E-state index in [0.29, 0.717) is 0 Å². The summed E-state index contributed by atoms with van der Waals surface area (Å²) in [6, 6.07) is -0.380. The van der Waals surface area contributed by atoms with Crippen molar-refractivity contribution in [2.45, 2.75) is 36.7 Å². The molecule has 0 aliphatic heterocycles. The van der Waals surface area contributed by atoms with Gasteiger partial charge in [-0.3, -0.25) is 9.69 Å². The van der Waals surface area contributed by atoms with Crippen LogP contribution in [-0.2, 0) is 14.4 Å². The van der Waals surface area contributed by atoms with E-state index >= 15 is 0 Å². The van der Waals surface area contributed by atoms with Gasteiger partial charge in [-0.1, -0.05) is 0 Å². The zero-order valence-corrected chi connectivity index (χ0v) is 15.4. The van der Waals surface area contributed by atoms with Crippen molar-refractivity contribution in [3.05, 3.63) is 0 Å². The number of carboxylic acids is 3. The van der Waals surface area contributed by atoms with Crippen molar-refractivity contribution < 1.29 is 29.7 Å². The van der Waals surface area contributed by atoms with Crippen LogP contribution in [0.3, 0.4) is 0 Å². The van der Waals surface area contributed by atoms with Gasteiger partial charge < -0.3 is 24.9 Å². The summed E-state index contributed by atoms with van der Waals surface area (Å²) in [4.78, 5) is 34.1. The van der Waals surface area contributed by atoms with Gasteiger partial charge in [0.05, 0.1) is 0 Å². The normalized spacial score (nSPS) is 9.05. The summed E-state index contributed by atoms with van der Waals surface area (Å²) < 4.78 is 0. The van der Waals surface area contributed by atoms with E-state index in [-0.39, 0.29) is 27.2 Å². The van der Waals surface area contributed by atoms with Crippen LogP contribution in [-0.4, -0.2) is 69.2 Å². The molecule has 0 saturated heterocycles. The fourth-order valence-corrected chi connectivity index (χ4v) is 0.221. The van der Waals surface area contributed by atoms with Gasteiger partial charge in [-0.05, 0) is 34.9 Å². The molecule has 0 aliphatic carbocycles. The quantitative estimate of drug-likeness (QED) is 0.565. The first-order valence-electron chi connectivity index (χ1n) is 5.26. The number of rotatable bonds is 2. The number of likely N-dealkylation sites (N-methyl/N-ethyl adjacent to an activating group) is 1. The summed E-state index contributed by atoms with van der Waals surface area (Å²) in [5.74, 6) is -2.95. The van der Waals surface area contributed by atoms with E-state index in [0.717, 1.165) is 13.8 Å². The van der Waals surface area contributed by atoms with Gasteiger partial charge in [0.1, 0.15) is 6.04 Å². The molecular formula is C11H23NO6Sn. The number of nitrogens with zero attached hydrogens (tertiary/aromatic N) is 1. The van der Waals surface area contributed by atoms with E-state index in [9.17, 15) is 4.79 Å². The molecule has 8 heteroatoms. The third-order valence-electron chi connectivity index (χ3n) is 1.13. The van der Waals surface area contributed by atoms with Gasteiger partial charge in [-0.15, -0.1) is 0 Å². The second-order valence-corrected chi connectivity index (χ2v) is 6.32. The van der Waals surface area contributed by atoms with Crippen molar-refractivity contribution >= 4 is 39.1 Å². The molecule has 0 aromatic carbocycles. The first kappa shape index (κ1) is 26.7. The van der Waals surface area contributed by atoms with Gasteiger partial charge in [0, 0.05) is 11.9 Å². The summed E-state index contributed by atoms with van der Waals surface area (Å²) in [6.07, 6.45) is 0. The molecule has 0 heterocycles. The Morgan fingerprint density at radius 1 is 1.05 bits per heavy atom. The minimum atomic E-state index is -1.08. The van der Waals surface area contributed by atoms with Gasteiger partial charge >= 0.3 is 37.0 Å². The molecule has 0 saturated carbocycles. The summed E-state index contributed by atoms with van der Waals surface area (Å²) >= 11 is 0.230. The monoisotopic (exact) mass is 385 g/mol. The van der Waals surface area contributed by atoms with Crippen LogP contribution in [0.1, 0.15) is 20.8 Å². The zero-order valence-electron chi connectivity index (χ0n) is 12.5. The molecular weight excluding hydrogens is 361 g/mol. The van der Waals surface area contributed by atoms with Gasteiger partial charge in [-0.25, -0.2) is 0 Å². The molecule has 0 bridgehead atoms. The molecule has 0 aliphatic rings. The first-order chi connectivity index (χ1) is 8.43. The number of aliphatic carboxylic acids is 3. The van der Waals surface area contributed by atoms with E-state index in [1.54, 1.807) is 25.9 Å². The second-order valence-electron chi connectivity index (χ2n) is 3.46. The Kier molecular flexibility index (Phi) is 27.4. The molecule has 1 N–H and O–H groups in total. The molecule has 0 radical (unpaired) electrons. The molecule has 0 fully saturated rings. The fourth-order valence-electron chi connectivity index (χ4n) is 0.221. The molecule has 0 aromatic rings. The molecule has 1 atom stereocenters. The molecule has 0 spiro atoms. The SMILES string of the molecule is CC(=O)[O-].CC(=O)[O-].CC(C(=O)O)N(C)C.[CH3][Sn+2][CH3].